The molecule has 0 aliphatic carbocycles. The average Bonchev–Trinajstić information content (AvgIpc) is 3.03. The van der Waals surface area contributed by atoms with E-state index in [4.69, 9.17) is 0 Å². The molecule has 2 aromatic heterocycles. The van der Waals surface area contributed by atoms with Crippen LogP contribution in [0.2, 0.25) is 0 Å². The first-order chi connectivity index (χ1) is 11.7. The summed E-state index contributed by atoms with van der Waals surface area (Å²) in [6.07, 6.45) is 7.19. The van der Waals surface area contributed by atoms with E-state index in [1.807, 2.05) is 24.4 Å². The summed E-state index contributed by atoms with van der Waals surface area (Å²) in [4.78, 5) is 10.00. The van der Waals surface area contributed by atoms with Crippen LogP contribution in [0.3, 0.4) is 0 Å². The molecule has 0 fully saturated rings. The highest BCUT2D eigenvalue weighted by Crippen LogP contribution is 2.30. The van der Waals surface area contributed by atoms with E-state index in [9.17, 15) is 5.11 Å². The Hall–Kier alpha value is -2.11. The fourth-order valence-electron chi connectivity index (χ4n) is 3.24. The summed E-state index contributed by atoms with van der Waals surface area (Å²) in [6.45, 7) is 2.74. The van der Waals surface area contributed by atoms with Gasteiger partial charge in [-0.05, 0) is 47.9 Å². The van der Waals surface area contributed by atoms with Gasteiger partial charge in [0, 0.05) is 47.5 Å². The Morgan fingerprint density at radius 1 is 1.29 bits per heavy atom. The van der Waals surface area contributed by atoms with E-state index >= 15 is 0 Å². The summed E-state index contributed by atoms with van der Waals surface area (Å²) in [5.41, 5.74) is 4.69. The molecule has 3 heterocycles. The number of rotatable bonds is 3. The number of nitrogens with one attached hydrogen (secondary N) is 1. The molecule has 2 N–H and O–H groups in total. The van der Waals surface area contributed by atoms with E-state index < -0.39 is 0 Å². The molecule has 0 unspecified atom stereocenters. The van der Waals surface area contributed by atoms with Crippen LogP contribution in [0, 0.1) is 0 Å². The number of halogens is 1. The number of hydrogen-bond donors (Lipinski definition) is 2. The topological polar surface area (TPSA) is 52.1 Å². The van der Waals surface area contributed by atoms with Crippen molar-refractivity contribution in [1.29, 1.82) is 0 Å². The number of aromatic amines is 1. The van der Waals surface area contributed by atoms with Crippen LogP contribution in [0.1, 0.15) is 17.5 Å². The molecule has 0 saturated heterocycles. The van der Waals surface area contributed by atoms with Crippen molar-refractivity contribution in [3.05, 3.63) is 64.4 Å². The van der Waals surface area contributed by atoms with Crippen molar-refractivity contribution in [2.45, 2.75) is 13.0 Å². The van der Waals surface area contributed by atoms with Gasteiger partial charge < -0.3 is 10.1 Å². The Morgan fingerprint density at radius 3 is 3.04 bits per heavy atom. The van der Waals surface area contributed by atoms with Crippen LogP contribution in [0.15, 0.2) is 53.3 Å². The molecule has 0 saturated carbocycles. The van der Waals surface area contributed by atoms with Gasteiger partial charge in [-0.3, -0.25) is 4.90 Å². The third-order valence-electron chi connectivity index (χ3n) is 4.51. The lowest BCUT2D eigenvalue weighted by atomic mass is 9.99. The number of phenolic OH excluding ortho intramolecular Hbond substituents is 1. The normalized spacial score (nSPS) is 15.6. The van der Waals surface area contributed by atoms with Gasteiger partial charge in [0.1, 0.15) is 11.4 Å². The first-order valence-corrected chi connectivity index (χ1v) is 8.81. The lowest BCUT2D eigenvalue weighted by Crippen LogP contribution is -2.28. The van der Waals surface area contributed by atoms with Gasteiger partial charge in [-0.2, -0.15) is 0 Å². The highest BCUT2D eigenvalue weighted by Gasteiger charge is 2.16. The number of phenols is 1. The van der Waals surface area contributed by atoms with E-state index in [2.05, 4.69) is 49.1 Å². The summed E-state index contributed by atoms with van der Waals surface area (Å²) in [5.74, 6) is 0.313. The van der Waals surface area contributed by atoms with E-state index in [0.717, 1.165) is 41.7 Å². The van der Waals surface area contributed by atoms with E-state index in [-0.39, 0.29) is 0 Å². The number of fused-ring (bicyclic) bond motifs is 1. The minimum absolute atomic E-state index is 0.313. The van der Waals surface area contributed by atoms with Crippen molar-refractivity contribution in [3.63, 3.8) is 0 Å². The van der Waals surface area contributed by atoms with Gasteiger partial charge >= 0.3 is 0 Å². The minimum Gasteiger partial charge on any atom is -0.508 e. The second kappa shape index (κ2) is 6.42. The van der Waals surface area contributed by atoms with Crippen molar-refractivity contribution in [3.8, 4) is 5.75 Å². The Labute approximate surface area is 149 Å². The molecule has 1 aliphatic heterocycles. The van der Waals surface area contributed by atoms with Gasteiger partial charge in [0.25, 0.3) is 0 Å². The smallest absolute Gasteiger partial charge is 0.137 e. The first kappa shape index (κ1) is 15.4. The maximum absolute atomic E-state index is 9.67. The van der Waals surface area contributed by atoms with Gasteiger partial charge in [0.05, 0.1) is 0 Å². The largest absolute Gasteiger partial charge is 0.508 e. The van der Waals surface area contributed by atoms with Gasteiger partial charge in [0.2, 0.25) is 0 Å². The van der Waals surface area contributed by atoms with Gasteiger partial charge in [0.15, 0.2) is 0 Å². The number of aromatic nitrogens is 2. The molecule has 1 aromatic carbocycles. The molecular weight excluding hydrogens is 366 g/mol. The van der Waals surface area contributed by atoms with Crippen LogP contribution >= 0.6 is 15.9 Å². The molecule has 24 heavy (non-hydrogen) atoms. The number of hydrogen-bond acceptors (Lipinski definition) is 3. The monoisotopic (exact) mass is 383 g/mol. The molecule has 0 bridgehead atoms. The van der Waals surface area contributed by atoms with E-state index in [1.54, 1.807) is 6.07 Å². The summed E-state index contributed by atoms with van der Waals surface area (Å²) in [7, 11) is 0. The average molecular weight is 384 g/mol. The summed E-state index contributed by atoms with van der Waals surface area (Å²) >= 11 is 3.56. The Bertz CT molecular complexity index is 916. The van der Waals surface area contributed by atoms with Gasteiger partial charge in [-0.15, -0.1) is 0 Å². The van der Waals surface area contributed by atoms with Crippen LogP contribution in [0.25, 0.3) is 16.6 Å². The van der Waals surface area contributed by atoms with E-state index in [1.165, 1.54) is 16.5 Å². The first-order valence-electron chi connectivity index (χ1n) is 8.02. The lowest BCUT2D eigenvalue weighted by molar-refractivity contribution is 0.293. The second-order valence-corrected chi connectivity index (χ2v) is 6.95. The molecule has 0 amide bonds. The fourth-order valence-corrected chi connectivity index (χ4v) is 3.62. The van der Waals surface area contributed by atoms with Crippen molar-refractivity contribution in [1.82, 2.24) is 14.9 Å². The number of aromatic hydroxyl groups is 1. The lowest BCUT2D eigenvalue weighted by Gasteiger charge is -2.26. The minimum atomic E-state index is 0.313. The molecular formula is C19H18BrN3O. The summed E-state index contributed by atoms with van der Waals surface area (Å²) in [6, 6.07) is 9.52. The van der Waals surface area contributed by atoms with E-state index in [0.29, 0.717) is 5.75 Å². The molecule has 5 heteroatoms. The Kier molecular flexibility index (Phi) is 4.12. The predicted octanol–water partition coefficient (Wildman–Crippen LogP) is 4.32. The quantitative estimate of drug-likeness (QED) is 0.707. The van der Waals surface area contributed by atoms with Crippen LogP contribution in [-0.4, -0.2) is 33.1 Å². The number of nitrogens with zero attached hydrogens (tertiary/aromatic N) is 2. The molecule has 122 valence electrons. The highest BCUT2D eigenvalue weighted by molar-refractivity contribution is 9.10. The zero-order valence-electron chi connectivity index (χ0n) is 13.2. The van der Waals surface area contributed by atoms with Crippen LogP contribution in [0.5, 0.6) is 5.75 Å². The van der Waals surface area contributed by atoms with Gasteiger partial charge in [-0.25, -0.2) is 4.98 Å². The summed E-state index contributed by atoms with van der Waals surface area (Å²) < 4.78 is 1.04. The standard InChI is InChI=1S/C19H18BrN3O/c20-18-4-3-15(24)10-14(18)12-23-8-5-13(6-9-23)17-11-22-19-16(17)2-1-7-21-19/h1-5,7,10-11,24H,6,8-9,12H2,(H,21,22). The molecule has 4 nitrogen and oxygen atoms in total. The third kappa shape index (κ3) is 2.97. The van der Waals surface area contributed by atoms with Crippen LogP contribution in [0.4, 0.5) is 0 Å². The van der Waals surface area contributed by atoms with Crippen molar-refractivity contribution in [2.75, 3.05) is 13.1 Å². The third-order valence-corrected chi connectivity index (χ3v) is 5.29. The highest BCUT2D eigenvalue weighted by atomic mass is 79.9. The fraction of sp³-hybridized carbons (Fsp3) is 0.211. The second-order valence-electron chi connectivity index (χ2n) is 6.09. The Balaban J connectivity index is 1.52. The molecule has 4 rings (SSSR count). The summed E-state index contributed by atoms with van der Waals surface area (Å²) in [5, 5.41) is 10.9. The van der Waals surface area contributed by atoms with Crippen molar-refractivity contribution < 1.29 is 5.11 Å². The number of pyridine rings is 1. The SMILES string of the molecule is Oc1ccc(Br)c(CN2CC=C(c3c[nH]c4ncccc34)CC2)c1. The van der Waals surface area contributed by atoms with Crippen molar-refractivity contribution in [2.24, 2.45) is 0 Å². The molecule has 0 atom stereocenters. The number of benzene rings is 1. The molecule has 0 spiro atoms. The zero-order chi connectivity index (χ0) is 16.5. The molecule has 3 aromatic rings. The molecule has 0 radical (unpaired) electrons. The zero-order valence-corrected chi connectivity index (χ0v) is 14.8. The van der Waals surface area contributed by atoms with Gasteiger partial charge in [-0.1, -0.05) is 22.0 Å². The number of H-pyrrole nitrogens is 1. The molecule has 1 aliphatic rings. The predicted molar refractivity (Wildman–Crippen MR) is 99.8 cm³/mol. The van der Waals surface area contributed by atoms with Crippen molar-refractivity contribution >= 4 is 32.5 Å². The van der Waals surface area contributed by atoms with Crippen LogP contribution < -0.4 is 0 Å². The maximum Gasteiger partial charge on any atom is 0.137 e. The maximum atomic E-state index is 9.67. The Morgan fingerprint density at radius 2 is 2.21 bits per heavy atom. The van der Waals surface area contributed by atoms with Crippen LogP contribution in [-0.2, 0) is 6.54 Å².